The zero-order valence-electron chi connectivity index (χ0n) is 7.39. The van der Waals surface area contributed by atoms with Gasteiger partial charge in [-0.05, 0) is 0 Å². The molecule has 0 aliphatic carbocycles. The van der Waals surface area contributed by atoms with Crippen LogP contribution in [0.25, 0.3) is 0 Å². The lowest BCUT2D eigenvalue weighted by Gasteiger charge is -2.09. The van der Waals surface area contributed by atoms with Crippen LogP contribution in [-0.2, 0) is 14.4 Å². The average Bonchev–Trinajstić information content (AvgIpc) is 2.54. The van der Waals surface area contributed by atoms with Crippen LogP contribution in [0.3, 0.4) is 0 Å². The Hall–Kier alpha value is -2.38. The number of urea groups is 1. The molecule has 2 aliphatic heterocycles. The standard InChI is InChI=1S/C4H4N2O3.C3H2N2O/c7-2-1-3(8)6-4(9)5-2;6-3-1-2-4-5-3/h1H2,(H2,5,6,7,8,9);1-2H. The van der Waals surface area contributed by atoms with E-state index in [1.807, 2.05) is 10.6 Å². The van der Waals surface area contributed by atoms with Gasteiger partial charge in [0.2, 0.25) is 11.8 Å². The highest BCUT2D eigenvalue weighted by atomic mass is 16.2. The molecule has 0 aromatic rings. The summed E-state index contributed by atoms with van der Waals surface area (Å²) in [5, 5.41) is 10.2. The number of imide groups is 2. The molecular formula is C7H6N4O4. The molecule has 78 valence electrons. The number of rotatable bonds is 0. The molecule has 0 unspecified atom stereocenters. The third-order valence-corrected chi connectivity index (χ3v) is 1.27. The minimum Gasteiger partial charge on any atom is -0.277 e. The third-order valence-electron chi connectivity index (χ3n) is 1.27. The van der Waals surface area contributed by atoms with Gasteiger partial charge in [0.1, 0.15) is 6.42 Å². The summed E-state index contributed by atoms with van der Waals surface area (Å²) in [5.41, 5.74) is 0. The number of nitrogens with zero attached hydrogens (tertiary/aromatic N) is 2. The van der Waals surface area contributed by atoms with Crippen molar-refractivity contribution >= 4 is 23.8 Å². The summed E-state index contributed by atoms with van der Waals surface area (Å²) in [4.78, 5) is 40.7. The SMILES string of the molecule is O=C1C=CN=N1.O=C1CC(=O)NC(=O)N1. The molecule has 8 nitrogen and oxygen atoms in total. The Balaban J connectivity index is 0.000000162. The monoisotopic (exact) mass is 210 g/mol. The van der Waals surface area contributed by atoms with Crippen LogP contribution in [-0.4, -0.2) is 23.8 Å². The molecule has 15 heavy (non-hydrogen) atoms. The minimum atomic E-state index is -0.740. The van der Waals surface area contributed by atoms with Crippen molar-refractivity contribution in [2.45, 2.75) is 6.42 Å². The lowest BCUT2D eigenvalue weighted by atomic mass is 10.3. The predicted octanol–water partition coefficient (Wildman–Crippen LogP) is -0.765. The van der Waals surface area contributed by atoms with Crippen LogP contribution in [0.2, 0.25) is 0 Å². The van der Waals surface area contributed by atoms with Gasteiger partial charge >= 0.3 is 6.03 Å². The van der Waals surface area contributed by atoms with Crippen LogP contribution in [0.4, 0.5) is 4.79 Å². The topological polar surface area (TPSA) is 117 Å². The van der Waals surface area contributed by atoms with Crippen LogP contribution >= 0.6 is 0 Å². The Kier molecular flexibility index (Phi) is 3.38. The molecule has 5 amide bonds. The number of nitrogens with one attached hydrogen (secondary N) is 2. The first kappa shape index (κ1) is 10.7. The van der Waals surface area contributed by atoms with Crippen molar-refractivity contribution in [3.8, 4) is 0 Å². The largest absolute Gasteiger partial charge is 0.328 e. The Morgan fingerprint density at radius 1 is 1.07 bits per heavy atom. The Labute approximate surface area is 83.4 Å². The first-order valence-corrected chi connectivity index (χ1v) is 3.83. The Morgan fingerprint density at radius 2 is 1.67 bits per heavy atom. The molecule has 2 rings (SSSR count). The molecule has 1 saturated heterocycles. The lowest BCUT2D eigenvalue weighted by Crippen LogP contribution is -2.49. The second kappa shape index (κ2) is 4.74. The molecule has 0 bridgehead atoms. The molecule has 0 spiro atoms. The van der Waals surface area contributed by atoms with Crippen LogP contribution in [0, 0.1) is 0 Å². The fourth-order valence-electron chi connectivity index (χ4n) is 0.739. The van der Waals surface area contributed by atoms with E-state index in [1.54, 1.807) is 0 Å². The van der Waals surface area contributed by atoms with Gasteiger partial charge in [0.25, 0.3) is 5.91 Å². The van der Waals surface area contributed by atoms with Gasteiger partial charge in [-0.3, -0.25) is 25.0 Å². The van der Waals surface area contributed by atoms with E-state index in [1.165, 1.54) is 12.3 Å². The fourth-order valence-corrected chi connectivity index (χ4v) is 0.739. The predicted molar refractivity (Wildman–Crippen MR) is 45.3 cm³/mol. The summed E-state index contributed by atoms with van der Waals surface area (Å²) >= 11 is 0. The summed E-state index contributed by atoms with van der Waals surface area (Å²) in [6.45, 7) is 0. The number of hydrogen-bond donors (Lipinski definition) is 2. The van der Waals surface area contributed by atoms with Crippen LogP contribution in [0.5, 0.6) is 0 Å². The zero-order chi connectivity index (χ0) is 11.3. The average molecular weight is 210 g/mol. The summed E-state index contributed by atoms with van der Waals surface area (Å²) in [6.07, 6.45) is 2.41. The van der Waals surface area contributed by atoms with Crippen molar-refractivity contribution in [3.63, 3.8) is 0 Å². The number of hydrogen-bond acceptors (Lipinski definition) is 5. The van der Waals surface area contributed by atoms with Crippen molar-refractivity contribution < 1.29 is 19.2 Å². The summed E-state index contributed by atoms with van der Waals surface area (Å²) < 4.78 is 0. The van der Waals surface area contributed by atoms with E-state index < -0.39 is 17.8 Å². The number of amides is 5. The lowest BCUT2D eigenvalue weighted by molar-refractivity contribution is -0.129. The van der Waals surface area contributed by atoms with E-state index in [0.717, 1.165) is 0 Å². The fraction of sp³-hybridized carbons (Fsp3) is 0.143. The van der Waals surface area contributed by atoms with Crippen LogP contribution in [0.1, 0.15) is 6.42 Å². The zero-order valence-corrected chi connectivity index (χ0v) is 7.39. The van der Waals surface area contributed by atoms with E-state index in [9.17, 15) is 19.2 Å². The quantitative estimate of drug-likeness (QED) is 0.510. The van der Waals surface area contributed by atoms with Gasteiger partial charge in [-0.1, -0.05) is 0 Å². The maximum atomic E-state index is 10.3. The van der Waals surface area contributed by atoms with Gasteiger partial charge in [0.05, 0.1) is 6.20 Å². The normalized spacial score (nSPS) is 18.1. The van der Waals surface area contributed by atoms with Crippen molar-refractivity contribution in [1.29, 1.82) is 0 Å². The van der Waals surface area contributed by atoms with E-state index >= 15 is 0 Å². The van der Waals surface area contributed by atoms with Crippen molar-refractivity contribution in [3.05, 3.63) is 12.3 Å². The maximum Gasteiger partial charge on any atom is 0.328 e. The smallest absolute Gasteiger partial charge is 0.277 e. The molecule has 0 atom stereocenters. The van der Waals surface area contributed by atoms with Gasteiger partial charge in [0.15, 0.2) is 0 Å². The highest BCUT2D eigenvalue weighted by molar-refractivity contribution is 6.14. The van der Waals surface area contributed by atoms with Gasteiger partial charge < -0.3 is 0 Å². The molecule has 2 N–H and O–H groups in total. The van der Waals surface area contributed by atoms with Crippen LogP contribution in [0.15, 0.2) is 22.5 Å². The molecule has 0 aromatic carbocycles. The minimum absolute atomic E-state index is 0.258. The Bertz CT molecular complexity index is 325. The highest BCUT2D eigenvalue weighted by Crippen LogP contribution is 1.90. The Morgan fingerprint density at radius 3 is 1.93 bits per heavy atom. The molecule has 2 heterocycles. The van der Waals surface area contributed by atoms with Crippen molar-refractivity contribution in [2.24, 2.45) is 10.2 Å². The summed E-state index contributed by atoms with van der Waals surface area (Å²) in [5.74, 6) is -1.37. The molecular weight excluding hydrogens is 204 g/mol. The van der Waals surface area contributed by atoms with E-state index in [-0.39, 0.29) is 12.3 Å². The van der Waals surface area contributed by atoms with Gasteiger partial charge in [-0.15, -0.1) is 5.11 Å². The third kappa shape index (κ3) is 3.89. The van der Waals surface area contributed by atoms with Gasteiger partial charge in [0, 0.05) is 6.08 Å². The first-order chi connectivity index (χ1) is 7.08. The summed E-state index contributed by atoms with van der Waals surface area (Å²) in [6, 6.07) is -0.740. The van der Waals surface area contributed by atoms with Crippen LogP contribution < -0.4 is 10.6 Å². The molecule has 0 saturated carbocycles. The highest BCUT2D eigenvalue weighted by Gasteiger charge is 2.20. The molecule has 8 heteroatoms. The van der Waals surface area contributed by atoms with E-state index in [0.29, 0.717) is 0 Å². The van der Waals surface area contributed by atoms with Gasteiger partial charge in [-0.2, -0.15) is 5.11 Å². The second-order valence-electron chi connectivity index (χ2n) is 2.47. The molecule has 1 fully saturated rings. The van der Waals surface area contributed by atoms with E-state index in [4.69, 9.17) is 0 Å². The molecule has 0 radical (unpaired) electrons. The number of carbonyl (C=O) groups excluding carboxylic acids is 4. The number of barbiturate groups is 1. The number of carbonyl (C=O) groups is 4. The van der Waals surface area contributed by atoms with Crippen molar-refractivity contribution in [1.82, 2.24) is 10.6 Å². The molecule has 2 aliphatic rings. The number of azo groups is 1. The first-order valence-electron chi connectivity index (χ1n) is 3.83. The second-order valence-corrected chi connectivity index (χ2v) is 2.47. The van der Waals surface area contributed by atoms with Crippen molar-refractivity contribution in [2.75, 3.05) is 0 Å². The summed E-state index contributed by atoms with van der Waals surface area (Å²) in [7, 11) is 0. The maximum absolute atomic E-state index is 10.3. The molecule has 0 aromatic heterocycles. The van der Waals surface area contributed by atoms with Gasteiger partial charge in [-0.25, -0.2) is 4.79 Å². The van der Waals surface area contributed by atoms with E-state index in [2.05, 4.69) is 10.2 Å².